The maximum absolute atomic E-state index is 12.7. The number of benzene rings is 1. The summed E-state index contributed by atoms with van der Waals surface area (Å²) in [7, 11) is 0. The van der Waals surface area contributed by atoms with Gasteiger partial charge in [-0.2, -0.15) is 0 Å². The van der Waals surface area contributed by atoms with Crippen LogP contribution in [0.25, 0.3) is 10.6 Å². The number of amides is 1. The Hall–Kier alpha value is -1.43. The van der Waals surface area contributed by atoms with Crippen LogP contribution in [0.5, 0.6) is 0 Å². The van der Waals surface area contributed by atoms with E-state index in [1.165, 1.54) is 0 Å². The van der Waals surface area contributed by atoms with Gasteiger partial charge >= 0.3 is 0 Å². The lowest BCUT2D eigenvalue weighted by molar-refractivity contribution is -0.123. The van der Waals surface area contributed by atoms with Crippen molar-refractivity contribution in [3.05, 3.63) is 39.9 Å². The van der Waals surface area contributed by atoms with Crippen LogP contribution in [0.15, 0.2) is 24.3 Å². The quantitative estimate of drug-likeness (QED) is 0.817. The highest BCUT2D eigenvalue weighted by Gasteiger charge is 2.57. The van der Waals surface area contributed by atoms with Gasteiger partial charge in [0.2, 0.25) is 5.91 Å². The largest absolute Gasteiger partial charge is 0.348 e. The van der Waals surface area contributed by atoms with Gasteiger partial charge in [0.25, 0.3) is 0 Å². The predicted molar refractivity (Wildman–Crippen MR) is 106 cm³/mol. The Morgan fingerprint density at radius 3 is 2.73 bits per heavy atom. The third-order valence-electron chi connectivity index (χ3n) is 5.78. The zero-order chi connectivity index (χ0) is 18.3. The lowest BCUT2D eigenvalue weighted by atomic mass is 9.91. The van der Waals surface area contributed by atoms with Gasteiger partial charge in [0, 0.05) is 16.5 Å². The number of hydrogen-bond donors (Lipinski definition) is 2. The van der Waals surface area contributed by atoms with E-state index in [1.54, 1.807) is 11.3 Å². The van der Waals surface area contributed by atoms with Crippen LogP contribution in [-0.2, 0) is 4.79 Å². The summed E-state index contributed by atoms with van der Waals surface area (Å²) >= 11 is 7.62. The van der Waals surface area contributed by atoms with E-state index in [4.69, 9.17) is 16.6 Å². The van der Waals surface area contributed by atoms with E-state index in [1.807, 2.05) is 31.2 Å². The van der Waals surface area contributed by atoms with Gasteiger partial charge in [-0.1, -0.05) is 23.7 Å². The molecule has 138 valence electrons. The van der Waals surface area contributed by atoms with Gasteiger partial charge < -0.3 is 10.6 Å². The van der Waals surface area contributed by atoms with Crippen LogP contribution in [-0.4, -0.2) is 24.0 Å². The van der Waals surface area contributed by atoms with Gasteiger partial charge in [-0.3, -0.25) is 4.79 Å². The van der Waals surface area contributed by atoms with Crippen molar-refractivity contribution in [2.45, 2.75) is 39.2 Å². The lowest BCUT2D eigenvalue weighted by Crippen LogP contribution is -2.34. The van der Waals surface area contributed by atoms with Crippen molar-refractivity contribution in [1.29, 1.82) is 0 Å². The first kappa shape index (κ1) is 18.0. The van der Waals surface area contributed by atoms with Gasteiger partial charge in [-0.25, -0.2) is 4.98 Å². The molecule has 2 N–H and O–H groups in total. The van der Waals surface area contributed by atoms with E-state index in [-0.39, 0.29) is 23.3 Å². The summed E-state index contributed by atoms with van der Waals surface area (Å²) in [6, 6.07) is 7.71. The smallest absolute Gasteiger partial charge is 0.224 e. The summed E-state index contributed by atoms with van der Waals surface area (Å²) in [5.74, 6) is 0.399. The molecule has 4 rings (SSSR count). The second kappa shape index (κ2) is 6.95. The normalized spacial score (nSPS) is 22.2. The number of carbonyl (C=O) groups is 1. The molecule has 1 aliphatic heterocycles. The van der Waals surface area contributed by atoms with E-state index in [2.05, 4.69) is 17.6 Å². The van der Waals surface area contributed by atoms with Gasteiger partial charge in [0.15, 0.2) is 0 Å². The highest BCUT2D eigenvalue weighted by atomic mass is 35.5. The lowest BCUT2D eigenvalue weighted by Gasteiger charge is -2.23. The number of halogens is 1. The minimum atomic E-state index is -0.0135. The van der Waals surface area contributed by atoms with Crippen molar-refractivity contribution >= 4 is 28.8 Å². The Bertz CT molecular complexity index is 811. The van der Waals surface area contributed by atoms with Crippen LogP contribution in [0.4, 0.5) is 0 Å². The van der Waals surface area contributed by atoms with Crippen LogP contribution in [0, 0.1) is 18.3 Å². The van der Waals surface area contributed by atoms with Crippen molar-refractivity contribution in [1.82, 2.24) is 15.6 Å². The molecule has 2 aromatic rings. The zero-order valence-electron chi connectivity index (χ0n) is 15.1. The first-order chi connectivity index (χ1) is 12.5. The fourth-order valence-electron chi connectivity index (χ4n) is 4.10. The second-order valence-electron chi connectivity index (χ2n) is 7.57. The summed E-state index contributed by atoms with van der Waals surface area (Å²) in [6.45, 7) is 6.15. The maximum atomic E-state index is 12.7. The maximum Gasteiger partial charge on any atom is 0.224 e. The Kier molecular flexibility index (Phi) is 4.80. The van der Waals surface area contributed by atoms with E-state index in [0.29, 0.717) is 0 Å². The minimum absolute atomic E-state index is 0.0135. The van der Waals surface area contributed by atoms with Gasteiger partial charge in [-0.15, -0.1) is 11.3 Å². The Morgan fingerprint density at radius 1 is 1.35 bits per heavy atom. The molecule has 1 aromatic heterocycles. The Labute approximate surface area is 163 Å². The summed E-state index contributed by atoms with van der Waals surface area (Å²) < 4.78 is 0. The number of hydrogen-bond acceptors (Lipinski definition) is 4. The molecule has 1 aromatic carbocycles. The molecular formula is C20H24ClN3OS. The SMILES string of the molecule is Cc1nc(-c2ccc(Cl)cc2)sc1C(C)NC(=O)C1CC12CCNCC2. The molecule has 1 spiro atoms. The number of nitrogens with zero attached hydrogens (tertiary/aromatic N) is 1. The van der Waals surface area contributed by atoms with Crippen LogP contribution in [0.2, 0.25) is 5.02 Å². The van der Waals surface area contributed by atoms with Gasteiger partial charge in [-0.05, 0) is 63.7 Å². The van der Waals surface area contributed by atoms with Crippen molar-refractivity contribution < 1.29 is 4.79 Å². The van der Waals surface area contributed by atoms with E-state index >= 15 is 0 Å². The number of aryl methyl sites for hydroxylation is 1. The molecule has 2 fully saturated rings. The summed E-state index contributed by atoms with van der Waals surface area (Å²) in [5, 5.41) is 8.31. The molecule has 2 aliphatic rings. The second-order valence-corrected chi connectivity index (χ2v) is 9.04. The number of aromatic nitrogens is 1. The molecule has 1 aliphatic carbocycles. The fraction of sp³-hybridized carbons (Fsp3) is 0.500. The predicted octanol–water partition coefficient (Wildman–Crippen LogP) is 4.34. The number of nitrogens with one attached hydrogen (secondary N) is 2. The van der Waals surface area contributed by atoms with Crippen LogP contribution < -0.4 is 10.6 Å². The Morgan fingerprint density at radius 2 is 2.04 bits per heavy atom. The molecule has 4 nitrogen and oxygen atoms in total. The zero-order valence-corrected chi connectivity index (χ0v) is 16.7. The van der Waals surface area contributed by atoms with Crippen molar-refractivity contribution in [3.8, 4) is 10.6 Å². The van der Waals surface area contributed by atoms with Gasteiger partial charge in [0.05, 0.1) is 16.6 Å². The average Bonchev–Trinajstić information content (AvgIpc) is 3.17. The molecule has 1 saturated heterocycles. The molecule has 6 heteroatoms. The third-order valence-corrected chi connectivity index (χ3v) is 7.42. The minimum Gasteiger partial charge on any atom is -0.348 e. The molecule has 0 bridgehead atoms. The average molecular weight is 390 g/mol. The topological polar surface area (TPSA) is 54.0 Å². The monoisotopic (exact) mass is 389 g/mol. The van der Waals surface area contributed by atoms with Crippen molar-refractivity contribution in [2.24, 2.45) is 11.3 Å². The number of rotatable bonds is 4. The van der Waals surface area contributed by atoms with Crippen molar-refractivity contribution in [3.63, 3.8) is 0 Å². The first-order valence-electron chi connectivity index (χ1n) is 9.23. The van der Waals surface area contributed by atoms with Crippen LogP contribution >= 0.6 is 22.9 Å². The molecule has 2 atom stereocenters. The van der Waals surface area contributed by atoms with E-state index in [0.717, 1.165) is 58.5 Å². The number of thiazole rings is 1. The molecule has 26 heavy (non-hydrogen) atoms. The number of piperidine rings is 1. The highest BCUT2D eigenvalue weighted by molar-refractivity contribution is 7.15. The summed E-state index contributed by atoms with van der Waals surface area (Å²) in [4.78, 5) is 18.6. The first-order valence-corrected chi connectivity index (χ1v) is 10.4. The molecule has 1 amide bonds. The molecule has 2 unspecified atom stereocenters. The molecular weight excluding hydrogens is 366 g/mol. The van der Waals surface area contributed by atoms with Gasteiger partial charge in [0.1, 0.15) is 5.01 Å². The van der Waals surface area contributed by atoms with Crippen LogP contribution in [0.3, 0.4) is 0 Å². The van der Waals surface area contributed by atoms with Crippen LogP contribution in [0.1, 0.15) is 42.8 Å². The standard InChI is InChI=1S/C20H24ClN3OS/c1-12(23-18(25)16-11-20(16)7-9-22-10-8-20)17-13(2)24-19(26-17)14-3-5-15(21)6-4-14/h3-6,12,16,22H,7-11H2,1-2H3,(H,23,25). The van der Waals surface area contributed by atoms with Crippen molar-refractivity contribution in [2.75, 3.05) is 13.1 Å². The summed E-state index contributed by atoms with van der Waals surface area (Å²) in [5.41, 5.74) is 2.31. The fourth-order valence-corrected chi connectivity index (χ4v) is 5.30. The Balaban J connectivity index is 1.44. The molecule has 0 radical (unpaired) electrons. The molecule has 2 heterocycles. The highest BCUT2D eigenvalue weighted by Crippen LogP contribution is 2.58. The third kappa shape index (κ3) is 3.40. The molecule has 1 saturated carbocycles. The van der Waals surface area contributed by atoms with E-state index in [9.17, 15) is 4.79 Å². The van der Waals surface area contributed by atoms with E-state index < -0.39 is 0 Å². The summed E-state index contributed by atoms with van der Waals surface area (Å²) in [6.07, 6.45) is 3.30. The number of carbonyl (C=O) groups excluding carboxylic acids is 1.